The minimum Gasteiger partial charge on any atom is -0.454 e. The summed E-state index contributed by atoms with van der Waals surface area (Å²) >= 11 is 0. The van der Waals surface area contributed by atoms with Crippen LogP contribution in [0.25, 0.3) is 6.08 Å². The highest BCUT2D eigenvalue weighted by atomic mass is 16.7. The molecule has 0 spiro atoms. The highest BCUT2D eigenvalue weighted by Crippen LogP contribution is 2.33. The van der Waals surface area contributed by atoms with Gasteiger partial charge in [-0.25, -0.2) is 0 Å². The summed E-state index contributed by atoms with van der Waals surface area (Å²) in [5, 5.41) is 12.4. The van der Waals surface area contributed by atoms with Gasteiger partial charge in [0.15, 0.2) is 11.5 Å². The number of nitrogens with one attached hydrogen (secondary N) is 1. The second kappa shape index (κ2) is 5.54. The van der Waals surface area contributed by atoms with E-state index in [1.54, 1.807) is 6.08 Å². The number of rotatable bonds is 5. The molecule has 1 aromatic rings. The van der Waals surface area contributed by atoms with E-state index in [0.717, 1.165) is 24.2 Å². The Morgan fingerprint density at radius 1 is 1.40 bits per heavy atom. The minimum atomic E-state index is -0.419. The van der Waals surface area contributed by atoms with Crippen LogP contribution in [-0.2, 0) is 4.79 Å². The van der Waals surface area contributed by atoms with Crippen molar-refractivity contribution < 1.29 is 19.4 Å². The predicted molar refractivity (Wildman–Crippen MR) is 73.3 cm³/mol. The molecule has 2 N–H and O–H groups in total. The van der Waals surface area contributed by atoms with E-state index >= 15 is 0 Å². The third kappa shape index (κ3) is 3.11. The molecule has 106 valence electrons. The molecule has 0 saturated heterocycles. The van der Waals surface area contributed by atoms with Gasteiger partial charge in [0.05, 0.1) is 6.10 Å². The number of aliphatic hydroxyl groups excluding tert-OH is 1. The molecule has 0 bridgehead atoms. The lowest BCUT2D eigenvalue weighted by Crippen LogP contribution is -2.31. The standard InChI is InChI=1S/C15H17NO4/c17-12(11-3-4-11)8-16-15(18)6-2-10-1-5-13-14(7-10)20-9-19-13/h1-2,5-7,11-12,17H,3-4,8-9H2,(H,16,18). The third-order valence-electron chi connectivity index (χ3n) is 3.48. The van der Waals surface area contributed by atoms with Crippen LogP contribution in [0.4, 0.5) is 0 Å². The largest absolute Gasteiger partial charge is 0.454 e. The molecule has 0 aromatic heterocycles. The van der Waals surface area contributed by atoms with Gasteiger partial charge in [0.2, 0.25) is 12.7 Å². The number of carbonyl (C=O) groups excluding carboxylic acids is 1. The molecule has 1 heterocycles. The fourth-order valence-electron chi connectivity index (χ4n) is 2.10. The van der Waals surface area contributed by atoms with E-state index in [9.17, 15) is 9.90 Å². The highest BCUT2D eigenvalue weighted by molar-refractivity contribution is 5.91. The first-order chi connectivity index (χ1) is 9.72. The van der Waals surface area contributed by atoms with Gasteiger partial charge in [-0.05, 0) is 42.5 Å². The van der Waals surface area contributed by atoms with Gasteiger partial charge in [-0.3, -0.25) is 4.79 Å². The van der Waals surface area contributed by atoms with Gasteiger partial charge in [0, 0.05) is 12.6 Å². The van der Waals surface area contributed by atoms with Gasteiger partial charge in [0.25, 0.3) is 0 Å². The molecule has 0 radical (unpaired) electrons. The van der Waals surface area contributed by atoms with Crippen molar-refractivity contribution in [3.05, 3.63) is 29.8 Å². The predicted octanol–water partition coefficient (Wildman–Crippen LogP) is 1.32. The van der Waals surface area contributed by atoms with Crippen LogP contribution in [0, 0.1) is 5.92 Å². The summed E-state index contributed by atoms with van der Waals surface area (Å²) in [6.07, 6.45) is 4.87. The maximum absolute atomic E-state index is 11.6. The molecule has 2 aliphatic rings. The summed E-state index contributed by atoms with van der Waals surface area (Å²) in [5.41, 5.74) is 0.868. The number of hydrogen-bond acceptors (Lipinski definition) is 4. The number of ether oxygens (including phenoxy) is 2. The summed E-state index contributed by atoms with van der Waals surface area (Å²) in [5.74, 6) is 1.58. The van der Waals surface area contributed by atoms with E-state index in [0.29, 0.717) is 18.2 Å². The number of amides is 1. The third-order valence-corrected chi connectivity index (χ3v) is 3.48. The first kappa shape index (κ1) is 13.0. The van der Waals surface area contributed by atoms with Crippen LogP contribution in [0.1, 0.15) is 18.4 Å². The van der Waals surface area contributed by atoms with E-state index in [1.807, 2.05) is 18.2 Å². The average molecular weight is 275 g/mol. The van der Waals surface area contributed by atoms with Crippen molar-refractivity contribution in [1.82, 2.24) is 5.32 Å². The van der Waals surface area contributed by atoms with Crippen molar-refractivity contribution in [3.63, 3.8) is 0 Å². The van der Waals surface area contributed by atoms with Crippen molar-refractivity contribution in [3.8, 4) is 11.5 Å². The summed E-state index contributed by atoms with van der Waals surface area (Å²) in [6, 6.07) is 5.50. The van der Waals surface area contributed by atoms with Gasteiger partial charge >= 0.3 is 0 Å². The molecule has 1 aliphatic carbocycles. The van der Waals surface area contributed by atoms with Gasteiger partial charge < -0.3 is 19.9 Å². The summed E-state index contributed by atoms with van der Waals surface area (Å²) in [4.78, 5) is 11.6. The van der Waals surface area contributed by atoms with Crippen molar-refractivity contribution in [2.75, 3.05) is 13.3 Å². The maximum atomic E-state index is 11.6. The normalized spacial score (nSPS) is 18.2. The lowest BCUT2D eigenvalue weighted by Gasteiger charge is -2.08. The molecule has 3 rings (SSSR count). The Morgan fingerprint density at radius 2 is 2.20 bits per heavy atom. The molecular weight excluding hydrogens is 258 g/mol. The van der Waals surface area contributed by atoms with Crippen molar-refractivity contribution in [2.24, 2.45) is 5.92 Å². The van der Waals surface area contributed by atoms with Crippen molar-refractivity contribution in [2.45, 2.75) is 18.9 Å². The molecule has 1 saturated carbocycles. The maximum Gasteiger partial charge on any atom is 0.244 e. The van der Waals surface area contributed by atoms with Crippen LogP contribution in [0.5, 0.6) is 11.5 Å². The molecular formula is C15H17NO4. The van der Waals surface area contributed by atoms with Gasteiger partial charge in [-0.1, -0.05) is 6.07 Å². The fourth-order valence-corrected chi connectivity index (χ4v) is 2.10. The Morgan fingerprint density at radius 3 is 3.00 bits per heavy atom. The monoisotopic (exact) mass is 275 g/mol. The second-order valence-electron chi connectivity index (χ2n) is 5.10. The highest BCUT2D eigenvalue weighted by Gasteiger charge is 2.29. The SMILES string of the molecule is O=C(C=Cc1ccc2c(c1)OCO2)NCC(O)C1CC1. The number of aliphatic hydroxyl groups is 1. The Kier molecular flexibility index (Phi) is 3.60. The molecule has 1 amide bonds. The van der Waals surface area contributed by atoms with Crippen molar-refractivity contribution in [1.29, 1.82) is 0 Å². The van der Waals surface area contributed by atoms with Crippen LogP contribution in [0.2, 0.25) is 0 Å². The molecule has 20 heavy (non-hydrogen) atoms. The van der Waals surface area contributed by atoms with Crippen LogP contribution < -0.4 is 14.8 Å². The van der Waals surface area contributed by atoms with Crippen LogP contribution in [0.15, 0.2) is 24.3 Å². The van der Waals surface area contributed by atoms with E-state index in [2.05, 4.69) is 5.32 Å². The van der Waals surface area contributed by atoms with Crippen LogP contribution in [0.3, 0.4) is 0 Å². The number of hydrogen-bond donors (Lipinski definition) is 2. The summed E-state index contributed by atoms with van der Waals surface area (Å²) in [7, 11) is 0. The first-order valence-corrected chi connectivity index (χ1v) is 6.76. The average Bonchev–Trinajstić information content (AvgIpc) is 3.20. The van der Waals surface area contributed by atoms with Gasteiger partial charge in [-0.15, -0.1) is 0 Å². The van der Waals surface area contributed by atoms with E-state index < -0.39 is 6.10 Å². The van der Waals surface area contributed by atoms with Gasteiger partial charge in [0.1, 0.15) is 0 Å². The Hall–Kier alpha value is -2.01. The number of carbonyl (C=O) groups is 1. The van der Waals surface area contributed by atoms with E-state index in [-0.39, 0.29) is 12.7 Å². The number of fused-ring (bicyclic) bond motifs is 1. The summed E-state index contributed by atoms with van der Waals surface area (Å²) in [6.45, 7) is 0.553. The zero-order valence-corrected chi connectivity index (χ0v) is 11.0. The topological polar surface area (TPSA) is 67.8 Å². The minimum absolute atomic E-state index is 0.206. The zero-order valence-electron chi connectivity index (χ0n) is 11.0. The Labute approximate surface area is 117 Å². The Balaban J connectivity index is 1.52. The number of benzene rings is 1. The van der Waals surface area contributed by atoms with Crippen LogP contribution in [-0.4, -0.2) is 30.5 Å². The lowest BCUT2D eigenvalue weighted by atomic mass is 10.2. The molecule has 5 heteroatoms. The molecule has 1 atom stereocenters. The first-order valence-electron chi connectivity index (χ1n) is 6.76. The second-order valence-corrected chi connectivity index (χ2v) is 5.10. The van der Waals surface area contributed by atoms with Gasteiger partial charge in [-0.2, -0.15) is 0 Å². The zero-order chi connectivity index (χ0) is 13.9. The van der Waals surface area contributed by atoms with Crippen molar-refractivity contribution >= 4 is 12.0 Å². The molecule has 1 unspecified atom stereocenters. The van der Waals surface area contributed by atoms with E-state index in [1.165, 1.54) is 6.08 Å². The quantitative estimate of drug-likeness (QED) is 0.795. The molecule has 1 fully saturated rings. The smallest absolute Gasteiger partial charge is 0.244 e. The summed E-state index contributed by atoms with van der Waals surface area (Å²) < 4.78 is 10.5. The molecule has 5 nitrogen and oxygen atoms in total. The van der Waals surface area contributed by atoms with E-state index in [4.69, 9.17) is 9.47 Å². The van der Waals surface area contributed by atoms with Crippen LogP contribution >= 0.6 is 0 Å². The Bertz CT molecular complexity index is 537. The molecule has 1 aliphatic heterocycles. The molecule has 1 aromatic carbocycles. The lowest BCUT2D eigenvalue weighted by molar-refractivity contribution is -0.116. The fraction of sp³-hybridized carbons (Fsp3) is 0.400.